The predicted molar refractivity (Wildman–Crippen MR) is 128 cm³/mol. The highest BCUT2D eigenvalue weighted by Gasteiger charge is 2.24. The van der Waals surface area contributed by atoms with Crippen LogP contribution in [0.15, 0.2) is 54.7 Å². The average molecular weight is 433 g/mol. The highest BCUT2D eigenvalue weighted by Crippen LogP contribution is 2.25. The molecule has 0 radical (unpaired) electrons. The molecule has 0 aliphatic carbocycles. The quantitative estimate of drug-likeness (QED) is 0.600. The van der Waals surface area contributed by atoms with Crippen molar-refractivity contribution in [3.8, 4) is 0 Å². The number of benzene rings is 2. The SMILES string of the molecule is CN(C)CCNC(=O)c1c[nH]c2ccc(C(=O)N3CCC(Cc4ccccc4)CC3)cc12. The Bertz CT molecular complexity index is 1070. The lowest BCUT2D eigenvalue weighted by atomic mass is 9.90. The fourth-order valence-corrected chi connectivity index (χ4v) is 4.40. The molecule has 6 nitrogen and oxygen atoms in total. The zero-order chi connectivity index (χ0) is 22.5. The van der Waals surface area contributed by atoms with Gasteiger partial charge in [0.2, 0.25) is 0 Å². The van der Waals surface area contributed by atoms with Gasteiger partial charge in [-0.05, 0) is 63.0 Å². The van der Waals surface area contributed by atoms with Gasteiger partial charge in [0.05, 0.1) is 5.56 Å². The minimum absolute atomic E-state index is 0.0465. The highest BCUT2D eigenvalue weighted by molar-refractivity contribution is 6.08. The van der Waals surface area contributed by atoms with E-state index in [4.69, 9.17) is 0 Å². The van der Waals surface area contributed by atoms with Crippen molar-refractivity contribution in [3.05, 3.63) is 71.4 Å². The number of hydrogen-bond acceptors (Lipinski definition) is 3. The third kappa shape index (κ3) is 5.19. The summed E-state index contributed by atoms with van der Waals surface area (Å²) in [6.45, 7) is 2.91. The standard InChI is InChI=1S/C26H32N4O2/c1-29(2)15-12-27-25(31)23-18-28-24-9-8-21(17-22(23)24)26(32)30-13-10-20(11-14-30)16-19-6-4-3-5-7-19/h3-9,17-18,20,28H,10-16H2,1-2H3,(H,27,31). The van der Waals surface area contributed by atoms with Crippen LogP contribution >= 0.6 is 0 Å². The van der Waals surface area contributed by atoms with Crippen molar-refractivity contribution >= 4 is 22.7 Å². The summed E-state index contributed by atoms with van der Waals surface area (Å²) < 4.78 is 0. The van der Waals surface area contributed by atoms with E-state index in [1.165, 1.54) is 5.56 Å². The zero-order valence-corrected chi connectivity index (χ0v) is 18.9. The number of aromatic amines is 1. The average Bonchev–Trinajstić information content (AvgIpc) is 3.23. The number of fused-ring (bicyclic) bond motifs is 1. The van der Waals surface area contributed by atoms with Crippen molar-refractivity contribution in [2.24, 2.45) is 5.92 Å². The molecule has 1 aliphatic rings. The van der Waals surface area contributed by atoms with Gasteiger partial charge in [-0.15, -0.1) is 0 Å². The maximum Gasteiger partial charge on any atom is 0.253 e. The molecule has 1 aromatic heterocycles. The van der Waals surface area contributed by atoms with Crippen LogP contribution in [0.25, 0.3) is 10.9 Å². The lowest BCUT2D eigenvalue weighted by molar-refractivity contribution is 0.0690. The van der Waals surface area contributed by atoms with Gasteiger partial charge >= 0.3 is 0 Å². The van der Waals surface area contributed by atoms with E-state index in [-0.39, 0.29) is 11.8 Å². The van der Waals surface area contributed by atoms with E-state index in [1.807, 2.05) is 48.2 Å². The highest BCUT2D eigenvalue weighted by atomic mass is 16.2. The molecule has 2 heterocycles. The van der Waals surface area contributed by atoms with Gasteiger partial charge in [0.1, 0.15) is 0 Å². The Kier molecular flexibility index (Phi) is 6.90. The molecule has 0 bridgehead atoms. The summed E-state index contributed by atoms with van der Waals surface area (Å²) >= 11 is 0. The van der Waals surface area contributed by atoms with Gasteiger partial charge < -0.3 is 20.1 Å². The molecule has 1 fully saturated rings. The Morgan fingerprint density at radius 3 is 2.56 bits per heavy atom. The Labute approximate surface area is 189 Å². The van der Waals surface area contributed by atoms with Crippen LogP contribution in [0.5, 0.6) is 0 Å². The van der Waals surface area contributed by atoms with Crippen LogP contribution in [0, 0.1) is 5.92 Å². The normalized spacial score (nSPS) is 14.8. The maximum absolute atomic E-state index is 13.2. The first kappa shape index (κ1) is 22.1. The smallest absolute Gasteiger partial charge is 0.253 e. The minimum atomic E-state index is -0.121. The molecule has 1 aliphatic heterocycles. The summed E-state index contributed by atoms with van der Waals surface area (Å²) in [5.41, 5.74) is 3.45. The molecule has 4 rings (SSSR count). The molecule has 32 heavy (non-hydrogen) atoms. The molecule has 3 aromatic rings. The van der Waals surface area contributed by atoms with E-state index in [2.05, 4.69) is 34.6 Å². The second kappa shape index (κ2) is 10.0. The van der Waals surface area contributed by atoms with Crippen LogP contribution in [0.1, 0.15) is 39.1 Å². The van der Waals surface area contributed by atoms with Crippen molar-refractivity contribution in [1.82, 2.24) is 20.1 Å². The molecule has 0 saturated carbocycles. The Hall–Kier alpha value is -3.12. The van der Waals surface area contributed by atoms with Gasteiger partial charge in [-0.1, -0.05) is 30.3 Å². The van der Waals surface area contributed by atoms with E-state index < -0.39 is 0 Å². The molecule has 2 N–H and O–H groups in total. The van der Waals surface area contributed by atoms with Crippen molar-refractivity contribution in [3.63, 3.8) is 0 Å². The van der Waals surface area contributed by atoms with Crippen molar-refractivity contribution in [1.29, 1.82) is 0 Å². The largest absolute Gasteiger partial charge is 0.360 e. The number of amides is 2. The molecule has 0 atom stereocenters. The van der Waals surface area contributed by atoms with E-state index in [0.29, 0.717) is 23.6 Å². The van der Waals surface area contributed by atoms with E-state index in [0.717, 1.165) is 49.8 Å². The molecular formula is C26H32N4O2. The van der Waals surface area contributed by atoms with Crippen molar-refractivity contribution in [2.75, 3.05) is 40.3 Å². The topological polar surface area (TPSA) is 68.4 Å². The second-order valence-electron chi connectivity index (χ2n) is 8.95. The number of piperidine rings is 1. The first-order valence-corrected chi connectivity index (χ1v) is 11.4. The molecule has 1 saturated heterocycles. The van der Waals surface area contributed by atoms with Gasteiger partial charge in [-0.2, -0.15) is 0 Å². The van der Waals surface area contributed by atoms with Gasteiger partial charge in [0.15, 0.2) is 0 Å². The Morgan fingerprint density at radius 1 is 1.09 bits per heavy atom. The lowest BCUT2D eigenvalue weighted by Crippen LogP contribution is -2.38. The van der Waals surface area contributed by atoms with E-state index in [9.17, 15) is 9.59 Å². The fraction of sp³-hybridized carbons (Fsp3) is 0.385. The van der Waals surface area contributed by atoms with Crippen molar-refractivity contribution in [2.45, 2.75) is 19.3 Å². The maximum atomic E-state index is 13.2. The number of carbonyl (C=O) groups excluding carboxylic acids is 2. The molecule has 0 spiro atoms. The van der Waals surface area contributed by atoms with Crippen LogP contribution in [0.4, 0.5) is 0 Å². The second-order valence-corrected chi connectivity index (χ2v) is 8.95. The Morgan fingerprint density at radius 2 is 1.84 bits per heavy atom. The van der Waals surface area contributed by atoms with Crippen LogP contribution in [-0.4, -0.2) is 66.9 Å². The fourth-order valence-electron chi connectivity index (χ4n) is 4.40. The summed E-state index contributed by atoms with van der Waals surface area (Å²) in [5, 5.41) is 3.74. The van der Waals surface area contributed by atoms with Gasteiger partial charge in [0, 0.05) is 48.8 Å². The number of rotatable bonds is 7. The summed E-state index contributed by atoms with van der Waals surface area (Å²) in [7, 11) is 3.94. The van der Waals surface area contributed by atoms with Gasteiger partial charge in [0.25, 0.3) is 11.8 Å². The first-order valence-electron chi connectivity index (χ1n) is 11.4. The molecule has 2 amide bonds. The summed E-state index contributed by atoms with van der Waals surface area (Å²) in [4.78, 5) is 32.9. The summed E-state index contributed by atoms with van der Waals surface area (Å²) in [5.74, 6) is 0.542. The van der Waals surface area contributed by atoms with Crippen LogP contribution in [0.3, 0.4) is 0 Å². The first-order chi connectivity index (χ1) is 15.5. The number of aromatic nitrogens is 1. The monoisotopic (exact) mass is 432 g/mol. The number of nitrogens with zero attached hydrogens (tertiary/aromatic N) is 2. The number of likely N-dealkylation sites (N-methyl/N-ethyl adjacent to an activating group) is 1. The lowest BCUT2D eigenvalue weighted by Gasteiger charge is -2.32. The van der Waals surface area contributed by atoms with Gasteiger partial charge in [-0.25, -0.2) is 0 Å². The molecular weight excluding hydrogens is 400 g/mol. The summed E-state index contributed by atoms with van der Waals surface area (Å²) in [6.07, 6.45) is 4.84. The number of nitrogens with one attached hydrogen (secondary N) is 2. The molecule has 168 valence electrons. The van der Waals surface area contributed by atoms with E-state index in [1.54, 1.807) is 6.20 Å². The molecule has 6 heteroatoms. The summed E-state index contributed by atoms with van der Waals surface area (Å²) in [6, 6.07) is 16.2. The third-order valence-corrected chi connectivity index (χ3v) is 6.29. The third-order valence-electron chi connectivity index (χ3n) is 6.29. The van der Waals surface area contributed by atoms with E-state index >= 15 is 0 Å². The van der Waals surface area contributed by atoms with Crippen LogP contribution in [0.2, 0.25) is 0 Å². The number of carbonyl (C=O) groups is 2. The zero-order valence-electron chi connectivity index (χ0n) is 18.9. The minimum Gasteiger partial charge on any atom is -0.360 e. The molecule has 0 unspecified atom stereocenters. The number of likely N-dealkylation sites (tertiary alicyclic amines) is 1. The number of H-pyrrole nitrogens is 1. The van der Waals surface area contributed by atoms with Crippen LogP contribution < -0.4 is 5.32 Å². The molecule has 2 aromatic carbocycles. The number of hydrogen-bond donors (Lipinski definition) is 2. The van der Waals surface area contributed by atoms with Crippen LogP contribution in [-0.2, 0) is 6.42 Å². The predicted octanol–water partition coefficient (Wildman–Crippen LogP) is 3.55. The van der Waals surface area contributed by atoms with Gasteiger partial charge in [-0.3, -0.25) is 9.59 Å². The Balaban J connectivity index is 1.40. The van der Waals surface area contributed by atoms with Crippen molar-refractivity contribution < 1.29 is 9.59 Å².